The summed E-state index contributed by atoms with van der Waals surface area (Å²) in [5.74, 6) is 5.39. The molecule has 4 fully saturated rings. The van der Waals surface area contributed by atoms with Gasteiger partial charge >= 0.3 is 0 Å². The fourth-order valence-corrected chi connectivity index (χ4v) is 19.1. The van der Waals surface area contributed by atoms with Crippen molar-refractivity contribution in [3.8, 4) is 94.4 Å². The second kappa shape index (κ2) is 42.5. The van der Waals surface area contributed by atoms with E-state index < -0.39 is 5.82 Å². The van der Waals surface area contributed by atoms with Crippen LogP contribution in [-0.2, 0) is 14.1 Å². The molecule has 137 heavy (non-hydrogen) atoms. The van der Waals surface area contributed by atoms with E-state index in [0.29, 0.717) is 39.4 Å². The van der Waals surface area contributed by atoms with Crippen LogP contribution >= 0.6 is 54.5 Å². The van der Waals surface area contributed by atoms with Gasteiger partial charge in [0.15, 0.2) is 5.82 Å². The van der Waals surface area contributed by atoms with Gasteiger partial charge in [-0.1, -0.05) is 62.2 Å². The maximum Gasteiger partial charge on any atom is 0.227 e. The van der Waals surface area contributed by atoms with E-state index in [2.05, 4.69) is 205 Å². The summed E-state index contributed by atoms with van der Waals surface area (Å²) in [6.07, 6.45) is 32.3. The molecule has 2 atom stereocenters. The van der Waals surface area contributed by atoms with Gasteiger partial charge in [0.05, 0.1) is 41.7 Å². The van der Waals surface area contributed by atoms with Crippen LogP contribution < -0.4 is 45.0 Å². The Labute approximate surface area is 816 Å². The summed E-state index contributed by atoms with van der Waals surface area (Å²) in [4.78, 5) is 63.3. The Hall–Kier alpha value is -14.0. The minimum atomic E-state index is -0.404. The highest BCUT2D eigenvalue weighted by Gasteiger charge is 2.28. The molecule has 0 unspecified atom stereocenters. The van der Waals surface area contributed by atoms with Gasteiger partial charge in [0.25, 0.3) is 0 Å². The summed E-state index contributed by atoms with van der Waals surface area (Å²) in [5.41, 5.74) is 16.5. The van der Waals surface area contributed by atoms with Crippen molar-refractivity contribution in [3.05, 3.63) is 270 Å². The third-order valence-corrected chi connectivity index (χ3v) is 26.6. The van der Waals surface area contributed by atoms with Crippen LogP contribution in [0.2, 0.25) is 0 Å². The summed E-state index contributed by atoms with van der Waals surface area (Å²) in [6.45, 7) is 8.04. The molecule has 29 nitrogen and oxygen atoms in total. The Morgan fingerprint density at radius 1 is 0.358 bits per heavy atom. The largest absolute Gasteiger partial charge is 0.494 e. The molecule has 4 saturated heterocycles. The average Bonchev–Trinajstić information content (AvgIpc) is 1.09. The number of likely N-dealkylation sites (N-methyl/N-ethyl adjacent to an activating group) is 2. The van der Waals surface area contributed by atoms with Crippen molar-refractivity contribution in [2.45, 2.75) is 62.9 Å². The van der Waals surface area contributed by atoms with Crippen LogP contribution in [0.25, 0.3) is 109 Å². The van der Waals surface area contributed by atoms with Crippen LogP contribution in [0.3, 0.4) is 0 Å². The number of thiazole rings is 2. The molecule has 0 spiro atoms. The highest BCUT2D eigenvalue weighted by Crippen LogP contribution is 2.42. The van der Waals surface area contributed by atoms with Gasteiger partial charge in [0.1, 0.15) is 74.2 Å². The van der Waals surface area contributed by atoms with E-state index in [9.17, 15) is 4.39 Å². The van der Waals surface area contributed by atoms with Gasteiger partial charge in [-0.05, 0) is 203 Å². The van der Waals surface area contributed by atoms with Gasteiger partial charge in [-0.2, -0.15) is 10.2 Å². The third kappa shape index (κ3) is 23.4. The number of aryl methyl sites for hydroxylation is 2. The molecule has 4 aliphatic heterocycles. The van der Waals surface area contributed by atoms with Crippen LogP contribution in [0.1, 0.15) is 38.5 Å². The number of hydrogen-bond acceptors (Lipinski definition) is 29. The van der Waals surface area contributed by atoms with Crippen molar-refractivity contribution in [3.63, 3.8) is 0 Å². The summed E-state index contributed by atoms with van der Waals surface area (Å²) in [5, 5.41) is 31.1. The Balaban J connectivity index is 0.000000117. The molecule has 10 aromatic heterocycles. The SMILES string of the molecule is CN1CCC(Oc2cc3nc(Nc4ccc(-c5cccnc5)cc4)ncc3cc2-c2nccs2)CC1.CN1CCC(Oc2cc3nc(Nc4ccc(-c5ccncc5)cc4)ncc3cc2-c2nccs2)CC1.CN1CC[C@@H](Oc2cc(Nc3ncc4cc(Br)cc(F)c4n3)cc(-c3cnn(C)c3)c2)C1.COc1cc(Br)cc2cnc(Nc3cc(O[C@@H]4CCN(C)C4)cc(-c4cnn(C)c4)c3)nc12. The van der Waals surface area contributed by atoms with E-state index in [0.717, 1.165) is 239 Å². The lowest BCUT2D eigenvalue weighted by Gasteiger charge is -2.29. The van der Waals surface area contributed by atoms with Crippen molar-refractivity contribution in [2.24, 2.45) is 14.1 Å². The predicted molar refractivity (Wildman–Crippen MR) is 547 cm³/mol. The number of nitrogens with one attached hydrogen (secondary N) is 4. The first kappa shape index (κ1) is 92.1. The fraction of sp³-hybridized carbons (Fsp3) is 0.243. The maximum atomic E-state index is 14.4. The van der Waals surface area contributed by atoms with Gasteiger partial charge in [0.2, 0.25) is 23.8 Å². The first-order chi connectivity index (χ1) is 66.8. The summed E-state index contributed by atoms with van der Waals surface area (Å²) < 4.78 is 50.7. The summed E-state index contributed by atoms with van der Waals surface area (Å²) in [6, 6.07) is 51.7. The molecule has 0 saturated carbocycles. The zero-order valence-electron chi connectivity index (χ0n) is 76.4. The normalized spacial score (nSPS) is 15.5. The van der Waals surface area contributed by atoms with Crippen molar-refractivity contribution < 1.29 is 28.1 Å². The molecule has 694 valence electrons. The number of hydrogen-bond donors (Lipinski definition) is 4. The maximum absolute atomic E-state index is 14.4. The molecule has 4 aliphatic rings. The van der Waals surface area contributed by atoms with Crippen LogP contribution in [0, 0.1) is 5.82 Å². The topological polar surface area (TPSA) is 298 Å². The second-order valence-corrected chi connectivity index (χ2v) is 38.0. The number of nitrogens with zero attached hydrogens (tertiary/aromatic N) is 20. The number of anilines is 8. The minimum absolute atomic E-state index is 0.140. The predicted octanol–water partition coefficient (Wildman–Crippen LogP) is 21.5. The van der Waals surface area contributed by atoms with Gasteiger partial charge in [-0.3, -0.25) is 19.3 Å². The number of methoxy groups -OCH3 is 1. The quantitative estimate of drug-likeness (QED) is 0.0462. The summed E-state index contributed by atoms with van der Waals surface area (Å²) >= 11 is 10.0. The summed E-state index contributed by atoms with van der Waals surface area (Å²) in [7, 11) is 14.0. The van der Waals surface area contributed by atoms with Gasteiger partial charge < -0.3 is 64.6 Å². The molecular formula is C103H99Br2FN24O5S2. The molecule has 34 heteroatoms. The van der Waals surface area contributed by atoms with Gasteiger partial charge in [-0.15, -0.1) is 22.7 Å². The molecule has 22 rings (SSSR count). The molecule has 0 radical (unpaired) electrons. The molecule has 0 amide bonds. The van der Waals surface area contributed by atoms with E-state index >= 15 is 0 Å². The number of fused-ring (bicyclic) bond motifs is 4. The van der Waals surface area contributed by atoms with E-state index in [1.165, 1.54) is 6.07 Å². The number of ether oxygens (including phenoxy) is 5. The molecule has 8 aromatic carbocycles. The fourth-order valence-electron chi connectivity index (χ4n) is 16.9. The van der Waals surface area contributed by atoms with Crippen molar-refractivity contribution in [1.82, 2.24) is 99.0 Å². The van der Waals surface area contributed by atoms with Crippen molar-refractivity contribution >= 4 is 145 Å². The Morgan fingerprint density at radius 2 is 0.796 bits per heavy atom. The van der Waals surface area contributed by atoms with E-state index in [1.807, 2.05) is 178 Å². The van der Waals surface area contributed by atoms with Gasteiger partial charge in [0, 0.05) is 240 Å². The van der Waals surface area contributed by atoms with E-state index in [4.69, 9.17) is 38.6 Å². The first-order valence-electron chi connectivity index (χ1n) is 45.1. The Morgan fingerprint density at radius 3 is 1.24 bits per heavy atom. The van der Waals surface area contributed by atoms with Crippen LogP contribution in [0.4, 0.5) is 50.9 Å². The number of halogens is 3. The highest BCUT2D eigenvalue weighted by molar-refractivity contribution is 9.10. The highest BCUT2D eigenvalue weighted by atomic mass is 79.9. The lowest BCUT2D eigenvalue weighted by atomic mass is 10.1. The standard InChI is InChI=1S/2C28H26N6OS.C24H25BrN6O2.C23H22BrFN6O/c1-34-13-8-23(9-14-34)35-26-17-25-21(16-24(26)27-30-12-15-36-27)18-31-28(33-25)32-22-4-2-19(3-5-22)20-6-10-29-11-7-20;1-34-12-8-23(9-13-34)35-26-16-25-21(15-24(26)27-30-11-14-36-27)18-31-28(33-25)32-22-6-4-19(5-7-22)20-3-2-10-29-17-20;1-30-5-4-20(14-30)33-21-8-15(17-12-27-31(2)13-17)7-19(10-21)28-24-26-11-16-6-18(25)9-22(32-3)23(16)29-24;1-30-4-3-19(13-30)32-20-7-14(16-11-27-31(2)12-16)6-18(9-20)28-23-26-10-15-5-17(24)8-21(25)22(15)29-23/h2-7,10-12,15-18,23H,8-9,13-14H2,1H3,(H,31,32,33);2-7,10-11,14-18,23H,8-9,12-13H2,1H3,(H,31,32,33);6-13,20H,4-5,14H2,1-3H3,(H,26,28,29);5-12,19H,3-4,13H2,1-2H3,(H,26,28,29)/t;;20-;19-/m..11/s1. The Bertz CT molecular complexity index is 6980. The van der Waals surface area contributed by atoms with E-state index in [-0.39, 0.29) is 29.9 Å². The number of piperidine rings is 2. The van der Waals surface area contributed by atoms with Gasteiger partial charge in [-0.25, -0.2) is 54.2 Å². The third-order valence-electron chi connectivity index (χ3n) is 24.0. The van der Waals surface area contributed by atoms with Crippen molar-refractivity contribution in [1.29, 1.82) is 0 Å². The lowest BCUT2D eigenvalue weighted by molar-refractivity contribution is 0.115. The Kier molecular flexibility index (Phi) is 28.6. The molecule has 0 bridgehead atoms. The number of rotatable bonds is 23. The number of benzene rings is 8. The van der Waals surface area contributed by atoms with Crippen LogP contribution in [-0.4, -0.2) is 211 Å². The molecule has 14 heterocycles. The average molecular weight is 2000 g/mol. The smallest absolute Gasteiger partial charge is 0.227 e. The zero-order chi connectivity index (χ0) is 93.8. The van der Waals surface area contributed by atoms with Crippen molar-refractivity contribution in [2.75, 3.05) is 109 Å². The second-order valence-electron chi connectivity index (χ2n) is 34.4. The molecule has 18 aromatic rings. The first-order valence-corrected chi connectivity index (χ1v) is 48.5. The van der Waals surface area contributed by atoms with Crippen LogP contribution in [0.5, 0.6) is 28.7 Å². The van der Waals surface area contributed by atoms with E-state index in [1.54, 1.807) is 76.2 Å². The lowest BCUT2D eigenvalue weighted by Crippen LogP contribution is -2.35. The zero-order valence-corrected chi connectivity index (χ0v) is 81.2. The molecular weight excluding hydrogens is 1900 g/mol. The molecule has 4 N–H and O–H groups in total. The number of likely N-dealkylation sites (tertiary alicyclic amines) is 4. The monoisotopic (exact) mass is 1990 g/mol. The number of aromatic nitrogens is 16. The molecule has 0 aliphatic carbocycles. The van der Waals surface area contributed by atoms with Crippen LogP contribution in [0.15, 0.2) is 264 Å². The number of pyridine rings is 2. The minimum Gasteiger partial charge on any atom is -0.494 e.